The zero-order chi connectivity index (χ0) is 28.8. The Morgan fingerprint density at radius 3 is 2.05 bits per heavy atom. The monoisotopic (exact) mass is 518 g/mol. The van der Waals surface area contributed by atoms with E-state index >= 15 is 0 Å². The molecule has 0 aromatic heterocycles. The van der Waals surface area contributed by atoms with E-state index < -0.39 is 5.97 Å². The van der Waals surface area contributed by atoms with Gasteiger partial charge in [-0.2, -0.15) is 0 Å². The third-order valence-electron chi connectivity index (χ3n) is 6.06. The molecular weight excluding hydrogens is 468 g/mol. The Kier molecular flexibility index (Phi) is 15.7. The SMILES string of the molecule is CC(C)C.CC[C@H](C(=O)NCC(=O)N(C)[C@H](/C=C(\C)COCC(=O)O)C(C)C)C(C)(C)c1ccccc1. The van der Waals surface area contributed by atoms with Gasteiger partial charge < -0.3 is 20.1 Å². The molecule has 0 fully saturated rings. The normalized spacial score (nSPS) is 13.5. The van der Waals surface area contributed by atoms with E-state index in [4.69, 9.17) is 9.84 Å². The minimum Gasteiger partial charge on any atom is -0.480 e. The van der Waals surface area contributed by atoms with Crippen molar-refractivity contribution in [2.24, 2.45) is 17.8 Å². The fourth-order valence-electron chi connectivity index (χ4n) is 4.06. The van der Waals surface area contributed by atoms with Crippen molar-refractivity contribution in [3.8, 4) is 0 Å². The van der Waals surface area contributed by atoms with Crippen LogP contribution in [0.1, 0.15) is 74.3 Å². The van der Waals surface area contributed by atoms with Crippen molar-refractivity contribution in [1.29, 1.82) is 0 Å². The predicted molar refractivity (Wildman–Crippen MR) is 150 cm³/mol. The molecule has 7 nitrogen and oxygen atoms in total. The molecule has 2 amide bonds. The summed E-state index contributed by atoms with van der Waals surface area (Å²) >= 11 is 0. The van der Waals surface area contributed by atoms with Gasteiger partial charge in [0.25, 0.3) is 0 Å². The van der Waals surface area contributed by atoms with Crippen molar-refractivity contribution < 1.29 is 24.2 Å². The lowest BCUT2D eigenvalue weighted by molar-refractivity contribution is -0.141. The highest BCUT2D eigenvalue weighted by molar-refractivity contribution is 5.86. The molecule has 0 heterocycles. The number of hydrogen-bond acceptors (Lipinski definition) is 4. The first-order chi connectivity index (χ1) is 17.1. The van der Waals surface area contributed by atoms with Crippen LogP contribution in [0.4, 0.5) is 0 Å². The van der Waals surface area contributed by atoms with Gasteiger partial charge in [0.15, 0.2) is 0 Å². The van der Waals surface area contributed by atoms with Crippen LogP contribution in [0.3, 0.4) is 0 Å². The average molecular weight is 519 g/mol. The number of benzene rings is 1. The number of rotatable bonds is 13. The van der Waals surface area contributed by atoms with Crippen molar-refractivity contribution in [2.75, 3.05) is 26.8 Å². The van der Waals surface area contributed by atoms with Crippen LogP contribution in [0.25, 0.3) is 0 Å². The van der Waals surface area contributed by atoms with Crippen molar-refractivity contribution in [3.05, 3.63) is 47.5 Å². The van der Waals surface area contributed by atoms with Crippen LogP contribution >= 0.6 is 0 Å². The molecule has 0 saturated heterocycles. The highest BCUT2D eigenvalue weighted by Gasteiger charge is 2.35. The topological polar surface area (TPSA) is 95.9 Å². The van der Waals surface area contributed by atoms with Crippen LogP contribution in [0.15, 0.2) is 42.0 Å². The summed E-state index contributed by atoms with van der Waals surface area (Å²) in [6.45, 7) is 18.2. The van der Waals surface area contributed by atoms with Crippen molar-refractivity contribution in [1.82, 2.24) is 10.2 Å². The second-order valence-corrected chi connectivity index (χ2v) is 11.1. The number of carbonyl (C=O) groups excluding carboxylic acids is 2. The van der Waals surface area contributed by atoms with Crippen LogP contribution in [0, 0.1) is 17.8 Å². The molecule has 37 heavy (non-hydrogen) atoms. The molecule has 7 heteroatoms. The van der Waals surface area contributed by atoms with Crippen LogP contribution in [-0.4, -0.2) is 60.6 Å². The summed E-state index contributed by atoms with van der Waals surface area (Å²) in [5, 5.41) is 11.5. The largest absolute Gasteiger partial charge is 0.480 e. The number of ether oxygens (including phenoxy) is 1. The van der Waals surface area contributed by atoms with Gasteiger partial charge in [-0.25, -0.2) is 4.79 Å². The van der Waals surface area contributed by atoms with Crippen LogP contribution in [-0.2, 0) is 24.5 Å². The second kappa shape index (κ2) is 17.0. The van der Waals surface area contributed by atoms with Gasteiger partial charge in [0.2, 0.25) is 11.8 Å². The van der Waals surface area contributed by atoms with Crippen molar-refractivity contribution in [3.63, 3.8) is 0 Å². The van der Waals surface area contributed by atoms with Crippen LogP contribution in [0.5, 0.6) is 0 Å². The van der Waals surface area contributed by atoms with E-state index in [0.717, 1.165) is 17.1 Å². The summed E-state index contributed by atoms with van der Waals surface area (Å²) in [6, 6.07) is 9.73. The number of carbonyl (C=O) groups is 3. The first-order valence-corrected chi connectivity index (χ1v) is 13.2. The van der Waals surface area contributed by atoms with E-state index in [9.17, 15) is 14.4 Å². The summed E-state index contributed by atoms with van der Waals surface area (Å²) < 4.78 is 5.14. The Hall–Kier alpha value is -2.67. The van der Waals surface area contributed by atoms with Crippen LogP contribution < -0.4 is 5.32 Å². The smallest absolute Gasteiger partial charge is 0.329 e. The molecule has 2 atom stereocenters. The molecule has 0 saturated carbocycles. The van der Waals surface area contributed by atoms with Gasteiger partial charge in [0, 0.05) is 18.4 Å². The Balaban J connectivity index is 0.00000300. The number of likely N-dealkylation sites (N-methyl/N-ethyl adjacent to an activating group) is 1. The van der Waals surface area contributed by atoms with Crippen LogP contribution in [0.2, 0.25) is 0 Å². The highest BCUT2D eigenvalue weighted by atomic mass is 16.5. The van der Waals surface area contributed by atoms with Gasteiger partial charge in [0.05, 0.1) is 19.2 Å². The molecule has 0 aliphatic carbocycles. The quantitative estimate of drug-likeness (QED) is 0.346. The summed E-state index contributed by atoms with van der Waals surface area (Å²) in [4.78, 5) is 38.1. The Morgan fingerprint density at radius 1 is 1.05 bits per heavy atom. The number of hydrogen-bond donors (Lipinski definition) is 2. The molecule has 2 N–H and O–H groups in total. The molecule has 0 unspecified atom stereocenters. The number of amides is 2. The maximum atomic E-state index is 13.0. The molecule has 0 bridgehead atoms. The number of nitrogens with zero attached hydrogens (tertiary/aromatic N) is 1. The fourth-order valence-corrected chi connectivity index (χ4v) is 4.06. The standard InChI is InChI=1S/C26H40N2O5.C4H10/c1-8-21(26(5,6)20-12-10-9-11-13-20)25(32)27-15-23(29)28(7)22(18(2)3)14-19(4)16-33-17-24(30)31;1-4(2)3/h9-14,18,21-22H,8,15-17H2,1-7H3,(H,27,32)(H,30,31);4H,1-3H3/b19-14+;/t21-,22-;/m1./s1. The molecule has 0 aliphatic heterocycles. The van der Waals surface area contributed by atoms with Crippen molar-refractivity contribution in [2.45, 2.75) is 80.2 Å². The third-order valence-corrected chi connectivity index (χ3v) is 6.06. The first-order valence-electron chi connectivity index (χ1n) is 13.2. The third kappa shape index (κ3) is 12.9. The van der Waals surface area contributed by atoms with Gasteiger partial charge in [-0.1, -0.05) is 91.8 Å². The molecule has 210 valence electrons. The maximum Gasteiger partial charge on any atom is 0.329 e. The van der Waals surface area contributed by atoms with Crippen molar-refractivity contribution >= 4 is 17.8 Å². The summed E-state index contributed by atoms with van der Waals surface area (Å²) in [7, 11) is 1.71. The highest BCUT2D eigenvalue weighted by Crippen LogP contribution is 2.33. The minimum absolute atomic E-state index is 0.0810. The number of aliphatic carboxylic acids is 1. The number of carboxylic acids is 1. The summed E-state index contributed by atoms with van der Waals surface area (Å²) in [5.74, 6) is -0.656. The number of carboxylic acid groups (broad SMARTS) is 1. The van der Waals surface area contributed by atoms with E-state index in [0.29, 0.717) is 6.42 Å². The molecule has 1 aromatic carbocycles. The lowest BCUT2D eigenvalue weighted by Crippen LogP contribution is -2.47. The van der Waals surface area contributed by atoms with E-state index in [-0.39, 0.29) is 54.9 Å². The Morgan fingerprint density at radius 2 is 1.59 bits per heavy atom. The van der Waals surface area contributed by atoms with E-state index in [2.05, 4.69) is 39.9 Å². The zero-order valence-electron chi connectivity index (χ0n) is 24.6. The molecule has 0 spiro atoms. The maximum absolute atomic E-state index is 13.0. The van der Waals surface area contributed by atoms with Gasteiger partial charge in [-0.3, -0.25) is 9.59 Å². The van der Waals surface area contributed by atoms with E-state index in [1.807, 2.05) is 64.1 Å². The second-order valence-electron chi connectivity index (χ2n) is 11.1. The van der Waals surface area contributed by atoms with Gasteiger partial charge >= 0.3 is 5.97 Å². The first kappa shape index (κ1) is 34.3. The van der Waals surface area contributed by atoms with E-state index in [1.165, 1.54) is 0 Å². The lowest BCUT2D eigenvalue weighted by Gasteiger charge is -2.34. The van der Waals surface area contributed by atoms with E-state index in [1.54, 1.807) is 11.9 Å². The molecule has 0 aliphatic rings. The Bertz CT molecular complexity index is 859. The molecular formula is C30H50N2O5. The predicted octanol–water partition coefficient (Wildman–Crippen LogP) is 5.30. The van der Waals surface area contributed by atoms with Gasteiger partial charge in [-0.05, 0) is 36.3 Å². The molecule has 1 rings (SSSR count). The average Bonchev–Trinajstić information content (AvgIpc) is 2.80. The zero-order valence-corrected chi connectivity index (χ0v) is 24.6. The lowest BCUT2D eigenvalue weighted by atomic mass is 9.71. The minimum atomic E-state index is -1.02. The molecule has 0 radical (unpaired) electrons. The number of nitrogens with one attached hydrogen (secondary N) is 1. The van der Waals surface area contributed by atoms with Gasteiger partial charge in [-0.15, -0.1) is 0 Å². The Labute approximate surface area is 224 Å². The molecule has 1 aromatic rings. The fraction of sp³-hybridized carbons (Fsp3) is 0.633. The summed E-state index contributed by atoms with van der Waals surface area (Å²) in [5.41, 5.74) is 1.56. The van der Waals surface area contributed by atoms with Gasteiger partial charge in [0.1, 0.15) is 6.61 Å². The summed E-state index contributed by atoms with van der Waals surface area (Å²) in [6.07, 6.45) is 2.57.